The number of ether oxygens (including phenoxy) is 2. The number of carbonyl (C=O) groups excluding carboxylic acids is 3. The number of anilines is 1. The van der Waals surface area contributed by atoms with Crippen molar-refractivity contribution in [1.29, 1.82) is 5.41 Å². The quantitative estimate of drug-likeness (QED) is 0.526. The van der Waals surface area contributed by atoms with Crippen LogP contribution < -0.4 is 11.1 Å². The lowest BCUT2D eigenvalue weighted by atomic mass is 10.0. The van der Waals surface area contributed by atoms with Gasteiger partial charge in [0.25, 0.3) is 5.91 Å². The Morgan fingerprint density at radius 3 is 2.38 bits per heavy atom. The summed E-state index contributed by atoms with van der Waals surface area (Å²) in [4.78, 5) is 34.6. The molecule has 0 aliphatic carbocycles. The minimum atomic E-state index is -0.961. The van der Waals surface area contributed by atoms with Gasteiger partial charge in [-0.05, 0) is 39.0 Å². The molecular formula is C16H21N3O5. The third kappa shape index (κ3) is 5.38. The first-order chi connectivity index (χ1) is 11.0. The van der Waals surface area contributed by atoms with E-state index in [0.29, 0.717) is 5.69 Å². The molecule has 1 aromatic carbocycles. The fourth-order valence-corrected chi connectivity index (χ4v) is 1.83. The van der Waals surface area contributed by atoms with Crippen LogP contribution in [0.1, 0.15) is 36.7 Å². The van der Waals surface area contributed by atoms with Gasteiger partial charge in [-0.3, -0.25) is 15.0 Å². The second-order valence-electron chi connectivity index (χ2n) is 5.93. The van der Waals surface area contributed by atoms with Gasteiger partial charge in [-0.2, -0.15) is 0 Å². The molecule has 1 aromatic rings. The molecule has 1 amide bonds. The Kier molecular flexibility index (Phi) is 6.05. The van der Waals surface area contributed by atoms with Gasteiger partial charge in [-0.1, -0.05) is 0 Å². The topological polar surface area (TPSA) is 132 Å². The number of primary amides is 1. The van der Waals surface area contributed by atoms with Gasteiger partial charge in [0.05, 0.1) is 12.7 Å². The third-order valence-corrected chi connectivity index (χ3v) is 2.80. The minimum absolute atomic E-state index is 0.0916. The second-order valence-corrected chi connectivity index (χ2v) is 5.93. The SMILES string of the molecule is COC(=O)c1ccc(NCC(=O)OC(C)(C)C)c(C(=N)C(N)=O)c1. The highest BCUT2D eigenvalue weighted by Crippen LogP contribution is 2.19. The maximum atomic E-state index is 11.8. The van der Waals surface area contributed by atoms with Crippen LogP contribution in [0.2, 0.25) is 0 Å². The molecule has 8 nitrogen and oxygen atoms in total. The van der Waals surface area contributed by atoms with E-state index in [9.17, 15) is 14.4 Å². The first kappa shape index (κ1) is 19.1. The van der Waals surface area contributed by atoms with Crippen LogP contribution in [-0.2, 0) is 19.1 Å². The van der Waals surface area contributed by atoms with Crippen molar-refractivity contribution in [3.8, 4) is 0 Å². The summed E-state index contributed by atoms with van der Waals surface area (Å²) in [5.74, 6) is -2.08. The number of hydrogen-bond acceptors (Lipinski definition) is 7. The van der Waals surface area contributed by atoms with Crippen LogP contribution in [0.15, 0.2) is 18.2 Å². The molecule has 0 heterocycles. The second kappa shape index (κ2) is 7.58. The van der Waals surface area contributed by atoms with Gasteiger partial charge in [0.2, 0.25) is 0 Å². The average Bonchev–Trinajstić information content (AvgIpc) is 2.49. The highest BCUT2D eigenvalue weighted by Gasteiger charge is 2.19. The van der Waals surface area contributed by atoms with Gasteiger partial charge in [0.1, 0.15) is 17.9 Å². The van der Waals surface area contributed by atoms with Crippen LogP contribution in [0.5, 0.6) is 0 Å². The molecule has 8 heteroatoms. The van der Waals surface area contributed by atoms with E-state index in [2.05, 4.69) is 10.1 Å². The molecule has 0 unspecified atom stereocenters. The van der Waals surface area contributed by atoms with Crippen LogP contribution in [0.4, 0.5) is 5.69 Å². The zero-order chi connectivity index (χ0) is 18.5. The number of carbonyl (C=O) groups is 3. The summed E-state index contributed by atoms with van der Waals surface area (Å²) in [6.45, 7) is 5.05. The van der Waals surface area contributed by atoms with E-state index in [1.165, 1.54) is 25.3 Å². The summed E-state index contributed by atoms with van der Waals surface area (Å²) in [7, 11) is 1.22. The summed E-state index contributed by atoms with van der Waals surface area (Å²) in [5.41, 5.74) is 4.56. The number of esters is 2. The fourth-order valence-electron chi connectivity index (χ4n) is 1.83. The highest BCUT2D eigenvalue weighted by atomic mass is 16.6. The molecule has 0 spiro atoms. The normalized spacial score (nSPS) is 10.7. The van der Waals surface area contributed by atoms with Crippen molar-refractivity contribution in [2.45, 2.75) is 26.4 Å². The Morgan fingerprint density at radius 2 is 1.88 bits per heavy atom. The van der Waals surface area contributed by atoms with Crippen LogP contribution in [0.25, 0.3) is 0 Å². The molecule has 0 saturated heterocycles. The molecule has 0 saturated carbocycles. The summed E-state index contributed by atoms with van der Waals surface area (Å²) in [6, 6.07) is 4.21. The monoisotopic (exact) mass is 335 g/mol. The Bertz CT molecular complexity index is 677. The first-order valence-electron chi connectivity index (χ1n) is 7.12. The molecule has 0 fully saturated rings. The Labute approximate surface area is 139 Å². The van der Waals surface area contributed by atoms with Gasteiger partial charge in [-0.25, -0.2) is 4.79 Å². The van der Waals surface area contributed by atoms with Crippen molar-refractivity contribution in [3.63, 3.8) is 0 Å². The van der Waals surface area contributed by atoms with Crippen molar-refractivity contribution >= 4 is 29.2 Å². The van der Waals surface area contributed by atoms with E-state index in [0.717, 1.165) is 0 Å². The van der Waals surface area contributed by atoms with E-state index in [4.69, 9.17) is 15.9 Å². The molecule has 0 aromatic heterocycles. The molecule has 130 valence electrons. The van der Waals surface area contributed by atoms with Crippen LogP contribution in [-0.4, -0.2) is 42.8 Å². The molecular weight excluding hydrogens is 314 g/mol. The summed E-state index contributed by atoms with van der Waals surface area (Å²) >= 11 is 0. The number of methoxy groups -OCH3 is 1. The van der Waals surface area contributed by atoms with E-state index < -0.39 is 29.2 Å². The van der Waals surface area contributed by atoms with Gasteiger partial charge in [0.15, 0.2) is 0 Å². The van der Waals surface area contributed by atoms with Crippen LogP contribution >= 0.6 is 0 Å². The lowest BCUT2D eigenvalue weighted by molar-refractivity contribution is -0.152. The zero-order valence-electron chi connectivity index (χ0n) is 14.1. The lowest BCUT2D eigenvalue weighted by Crippen LogP contribution is -2.29. The minimum Gasteiger partial charge on any atom is -0.465 e. The third-order valence-electron chi connectivity index (χ3n) is 2.80. The first-order valence-corrected chi connectivity index (χ1v) is 7.12. The van der Waals surface area contributed by atoms with Gasteiger partial charge < -0.3 is 20.5 Å². The van der Waals surface area contributed by atoms with Crippen molar-refractivity contribution < 1.29 is 23.9 Å². The number of hydrogen-bond donors (Lipinski definition) is 3. The smallest absolute Gasteiger partial charge is 0.337 e. The van der Waals surface area contributed by atoms with Crippen molar-refractivity contribution in [1.82, 2.24) is 0 Å². The molecule has 0 aliphatic heterocycles. The Balaban J connectivity index is 3.05. The molecule has 0 atom stereocenters. The van der Waals surface area contributed by atoms with E-state index in [1.54, 1.807) is 20.8 Å². The largest absolute Gasteiger partial charge is 0.465 e. The maximum Gasteiger partial charge on any atom is 0.337 e. The highest BCUT2D eigenvalue weighted by molar-refractivity contribution is 6.44. The Hall–Kier alpha value is -2.90. The molecule has 0 radical (unpaired) electrons. The standard InChI is InChI=1S/C16H21N3O5/c1-16(2,3)24-12(20)8-19-11-6-5-9(15(22)23-4)7-10(11)13(17)14(18)21/h5-7,17,19H,8H2,1-4H3,(H2,18,21). The number of nitrogens with one attached hydrogen (secondary N) is 2. The van der Waals surface area contributed by atoms with Crippen molar-refractivity contribution in [2.24, 2.45) is 5.73 Å². The number of rotatable bonds is 6. The summed E-state index contributed by atoms with van der Waals surface area (Å²) in [5, 5.41) is 10.5. The Morgan fingerprint density at radius 1 is 1.25 bits per heavy atom. The fraction of sp³-hybridized carbons (Fsp3) is 0.375. The van der Waals surface area contributed by atoms with E-state index in [1.807, 2.05) is 0 Å². The van der Waals surface area contributed by atoms with Crippen molar-refractivity contribution in [3.05, 3.63) is 29.3 Å². The van der Waals surface area contributed by atoms with Gasteiger partial charge in [0, 0.05) is 11.3 Å². The molecule has 0 aliphatic rings. The number of amides is 1. The van der Waals surface area contributed by atoms with E-state index >= 15 is 0 Å². The molecule has 1 rings (SSSR count). The number of benzene rings is 1. The molecule has 0 bridgehead atoms. The van der Waals surface area contributed by atoms with Crippen LogP contribution in [0, 0.1) is 5.41 Å². The van der Waals surface area contributed by atoms with Crippen molar-refractivity contribution in [2.75, 3.05) is 19.0 Å². The lowest BCUT2D eigenvalue weighted by Gasteiger charge is -2.20. The summed E-state index contributed by atoms with van der Waals surface area (Å²) < 4.78 is 9.77. The maximum absolute atomic E-state index is 11.8. The zero-order valence-corrected chi connectivity index (χ0v) is 14.1. The molecule has 4 N–H and O–H groups in total. The van der Waals surface area contributed by atoms with Crippen LogP contribution in [0.3, 0.4) is 0 Å². The van der Waals surface area contributed by atoms with Gasteiger partial charge >= 0.3 is 11.9 Å². The predicted octanol–water partition coefficient (Wildman–Crippen LogP) is 1.08. The molecule has 24 heavy (non-hydrogen) atoms. The average molecular weight is 335 g/mol. The predicted molar refractivity (Wildman–Crippen MR) is 88.1 cm³/mol. The van der Waals surface area contributed by atoms with Gasteiger partial charge in [-0.15, -0.1) is 0 Å². The summed E-state index contributed by atoms with van der Waals surface area (Å²) in [6.07, 6.45) is 0. The van der Waals surface area contributed by atoms with E-state index in [-0.39, 0.29) is 17.7 Å². The number of nitrogens with two attached hydrogens (primary N) is 1.